The smallest absolute Gasteiger partial charge is 0.326 e. The Morgan fingerprint density at radius 3 is 2.15 bits per heavy atom. The molecule has 0 bridgehead atoms. The van der Waals surface area contributed by atoms with E-state index in [1.165, 1.54) is 23.5 Å². The number of hydrogen-bond acceptors (Lipinski definition) is 7. The summed E-state index contributed by atoms with van der Waals surface area (Å²) in [5, 5.41) is 37.0. The Kier molecular flexibility index (Phi) is 10.2. The zero-order valence-electron chi connectivity index (χ0n) is 18.0. The van der Waals surface area contributed by atoms with Crippen LogP contribution in [0.2, 0.25) is 0 Å². The van der Waals surface area contributed by atoms with Crippen molar-refractivity contribution in [3.05, 3.63) is 35.5 Å². The Bertz CT molecular complexity index is 999. The summed E-state index contributed by atoms with van der Waals surface area (Å²) in [6.45, 7) is 0.505. The molecule has 0 aliphatic rings. The molecule has 184 valence electrons. The van der Waals surface area contributed by atoms with E-state index < -0.39 is 42.4 Å². The van der Waals surface area contributed by atoms with Gasteiger partial charge in [-0.1, -0.05) is 0 Å². The molecule has 13 heteroatoms. The molecule has 0 radical (unpaired) electrons. The quantitative estimate of drug-likeness (QED) is 0.214. The van der Waals surface area contributed by atoms with Crippen LogP contribution in [-0.2, 0) is 14.4 Å². The first-order chi connectivity index (χ1) is 16.2. The third kappa shape index (κ3) is 9.02. The number of carbonyl (C=O) groups excluding carboxylic acids is 1. The van der Waals surface area contributed by atoms with Crippen molar-refractivity contribution >= 4 is 40.4 Å². The number of halogens is 1. The number of aromatic nitrogens is 1. The third-order valence-electron chi connectivity index (χ3n) is 4.69. The largest absolute Gasteiger partial charge is 0.481 e. The van der Waals surface area contributed by atoms with Crippen molar-refractivity contribution in [3.63, 3.8) is 0 Å². The van der Waals surface area contributed by atoms with Crippen molar-refractivity contribution < 1.29 is 38.9 Å². The standard InChI is InChI=1S/C21H25FN4O7S/c22-13-6-4-12(5-7-13)16-11-34-21(26-16)23-10-2-1-3-14(18(29)30)24-20(33)25-15(19(31)32)8-9-17(27)28/h4-7,11,14-15H,1-3,8-10H2,(H,23,26)(H,27,28)(H,29,30)(H,31,32)(H2,24,25,33)/t14-,15?/m0/s1. The highest BCUT2D eigenvalue weighted by molar-refractivity contribution is 7.14. The van der Waals surface area contributed by atoms with E-state index in [0.29, 0.717) is 30.2 Å². The SMILES string of the molecule is O=C(O)CCC(NC(=O)N[C@@H](CCCCNc1nc(-c2ccc(F)cc2)cs1)C(=O)O)C(=O)O. The molecule has 34 heavy (non-hydrogen) atoms. The van der Waals surface area contributed by atoms with Crippen molar-refractivity contribution in [1.82, 2.24) is 15.6 Å². The molecule has 0 aliphatic heterocycles. The molecule has 2 rings (SSSR count). The molecule has 2 aromatic rings. The fraction of sp³-hybridized carbons (Fsp3) is 0.381. The van der Waals surface area contributed by atoms with Crippen LogP contribution in [0.15, 0.2) is 29.6 Å². The molecule has 0 saturated heterocycles. The van der Waals surface area contributed by atoms with Gasteiger partial charge in [-0.15, -0.1) is 11.3 Å². The minimum Gasteiger partial charge on any atom is -0.481 e. The summed E-state index contributed by atoms with van der Waals surface area (Å²) < 4.78 is 13.0. The summed E-state index contributed by atoms with van der Waals surface area (Å²) in [6.07, 6.45) is 0.338. The molecule has 2 atom stereocenters. The van der Waals surface area contributed by atoms with Crippen LogP contribution in [0.4, 0.5) is 14.3 Å². The fourth-order valence-corrected chi connectivity index (χ4v) is 3.67. The normalized spacial score (nSPS) is 12.4. The molecular weight excluding hydrogens is 471 g/mol. The Hall–Kier alpha value is -3.74. The Morgan fingerprint density at radius 2 is 1.56 bits per heavy atom. The van der Waals surface area contributed by atoms with Crippen LogP contribution in [-0.4, -0.2) is 62.9 Å². The predicted octanol–water partition coefficient (Wildman–Crippen LogP) is 2.60. The van der Waals surface area contributed by atoms with Crippen molar-refractivity contribution in [2.75, 3.05) is 11.9 Å². The molecule has 0 spiro atoms. The summed E-state index contributed by atoms with van der Waals surface area (Å²) >= 11 is 1.38. The highest BCUT2D eigenvalue weighted by atomic mass is 32.1. The van der Waals surface area contributed by atoms with Gasteiger partial charge >= 0.3 is 23.9 Å². The lowest BCUT2D eigenvalue weighted by Crippen LogP contribution is -2.51. The van der Waals surface area contributed by atoms with Gasteiger partial charge in [0.1, 0.15) is 17.9 Å². The van der Waals surface area contributed by atoms with Gasteiger partial charge in [-0.25, -0.2) is 23.8 Å². The maximum atomic E-state index is 13.0. The maximum Gasteiger partial charge on any atom is 0.326 e. The lowest BCUT2D eigenvalue weighted by molar-refractivity contribution is -0.140. The van der Waals surface area contributed by atoms with Gasteiger partial charge in [-0.05, 0) is 49.9 Å². The summed E-state index contributed by atoms with van der Waals surface area (Å²) in [5.74, 6) is -4.23. The summed E-state index contributed by atoms with van der Waals surface area (Å²) in [6, 6.07) is 2.29. The van der Waals surface area contributed by atoms with Gasteiger partial charge in [0, 0.05) is 23.9 Å². The van der Waals surface area contributed by atoms with E-state index in [0.717, 1.165) is 5.56 Å². The van der Waals surface area contributed by atoms with Gasteiger partial charge in [0.25, 0.3) is 0 Å². The van der Waals surface area contributed by atoms with Gasteiger partial charge in [-0.3, -0.25) is 4.79 Å². The van der Waals surface area contributed by atoms with Crippen molar-refractivity contribution in [1.29, 1.82) is 0 Å². The number of unbranched alkanes of at least 4 members (excludes halogenated alkanes) is 1. The second kappa shape index (κ2) is 13.1. The van der Waals surface area contributed by atoms with Gasteiger partial charge in [-0.2, -0.15) is 0 Å². The lowest BCUT2D eigenvalue weighted by Gasteiger charge is -2.18. The maximum absolute atomic E-state index is 13.0. The van der Waals surface area contributed by atoms with E-state index in [-0.39, 0.29) is 18.7 Å². The van der Waals surface area contributed by atoms with Crippen LogP contribution in [0.5, 0.6) is 0 Å². The van der Waals surface area contributed by atoms with Crippen LogP contribution < -0.4 is 16.0 Å². The van der Waals surface area contributed by atoms with Crippen LogP contribution in [0.25, 0.3) is 11.3 Å². The van der Waals surface area contributed by atoms with Gasteiger partial charge in [0.15, 0.2) is 5.13 Å². The topological polar surface area (TPSA) is 178 Å². The number of urea groups is 1. The van der Waals surface area contributed by atoms with E-state index >= 15 is 0 Å². The third-order valence-corrected chi connectivity index (χ3v) is 5.49. The van der Waals surface area contributed by atoms with Gasteiger partial charge in [0.05, 0.1) is 5.69 Å². The molecule has 1 aromatic carbocycles. The Balaban J connectivity index is 1.74. The number of rotatable bonds is 14. The van der Waals surface area contributed by atoms with E-state index in [4.69, 9.17) is 10.2 Å². The number of amides is 2. The summed E-state index contributed by atoms with van der Waals surface area (Å²) in [7, 11) is 0. The van der Waals surface area contributed by atoms with E-state index in [1.54, 1.807) is 12.1 Å². The van der Waals surface area contributed by atoms with E-state index in [9.17, 15) is 28.7 Å². The molecule has 1 aromatic heterocycles. The number of aliphatic carboxylic acids is 3. The van der Waals surface area contributed by atoms with E-state index in [2.05, 4.69) is 20.9 Å². The van der Waals surface area contributed by atoms with Crippen LogP contribution in [0.3, 0.4) is 0 Å². The van der Waals surface area contributed by atoms with Crippen LogP contribution in [0.1, 0.15) is 32.1 Å². The molecule has 0 saturated carbocycles. The highest BCUT2D eigenvalue weighted by Gasteiger charge is 2.24. The van der Waals surface area contributed by atoms with Crippen molar-refractivity contribution in [2.45, 2.75) is 44.2 Å². The molecule has 1 heterocycles. The fourth-order valence-electron chi connectivity index (χ4n) is 2.92. The molecule has 0 aliphatic carbocycles. The lowest BCUT2D eigenvalue weighted by atomic mass is 10.1. The highest BCUT2D eigenvalue weighted by Crippen LogP contribution is 2.25. The van der Waals surface area contributed by atoms with Crippen molar-refractivity contribution in [2.24, 2.45) is 0 Å². The van der Waals surface area contributed by atoms with Gasteiger partial charge < -0.3 is 31.3 Å². The van der Waals surface area contributed by atoms with Crippen LogP contribution >= 0.6 is 11.3 Å². The number of nitrogens with one attached hydrogen (secondary N) is 3. The number of benzene rings is 1. The number of anilines is 1. The number of nitrogens with zero attached hydrogens (tertiary/aromatic N) is 1. The van der Waals surface area contributed by atoms with Gasteiger partial charge in [0.2, 0.25) is 0 Å². The summed E-state index contributed by atoms with van der Waals surface area (Å²) in [5.41, 5.74) is 1.49. The number of hydrogen-bond donors (Lipinski definition) is 6. The van der Waals surface area contributed by atoms with E-state index in [1.807, 2.05) is 5.38 Å². The number of carbonyl (C=O) groups is 4. The zero-order valence-corrected chi connectivity index (χ0v) is 18.8. The monoisotopic (exact) mass is 496 g/mol. The predicted molar refractivity (Wildman–Crippen MR) is 121 cm³/mol. The average molecular weight is 497 g/mol. The second-order valence-electron chi connectivity index (χ2n) is 7.30. The second-order valence-corrected chi connectivity index (χ2v) is 8.16. The van der Waals surface area contributed by atoms with Crippen molar-refractivity contribution in [3.8, 4) is 11.3 Å². The molecule has 6 N–H and O–H groups in total. The molecule has 2 amide bonds. The Morgan fingerprint density at radius 1 is 0.941 bits per heavy atom. The molecule has 11 nitrogen and oxygen atoms in total. The molecule has 0 fully saturated rings. The molecule has 1 unspecified atom stereocenters. The first kappa shape index (κ1) is 26.5. The first-order valence-electron chi connectivity index (χ1n) is 10.4. The number of carboxylic acids is 3. The minimum atomic E-state index is -1.45. The number of carboxylic acid groups (broad SMARTS) is 3. The van der Waals surface area contributed by atoms with Crippen LogP contribution in [0, 0.1) is 5.82 Å². The number of thiazole rings is 1. The zero-order chi connectivity index (χ0) is 25.1. The first-order valence-corrected chi connectivity index (χ1v) is 11.2. The average Bonchev–Trinajstić information content (AvgIpc) is 3.24. The Labute approximate surface area is 198 Å². The molecular formula is C21H25FN4O7S. The summed E-state index contributed by atoms with van der Waals surface area (Å²) in [4.78, 5) is 49.6. The minimum absolute atomic E-state index is 0.107.